The smallest absolute Gasteiger partial charge is 0.220 e. The van der Waals surface area contributed by atoms with Crippen LogP contribution in [0.4, 0.5) is 0 Å². The molecule has 0 aliphatic heterocycles. The summed E-state index contributed by atoms with van der Waals surface area (Å²) in [6, 6.07) is 0.187. The van der Waals surface area contributed by atoms with Gasteiger partial charge in [-0.25, -0.2) is 16.7 Å². The molecule has 0 aliphatic carbocycles. The molecule has 6 N–H and O–H groups in total. The summed E-state index contributed by atoms with van der Waals surface area (Å²) in [7, 11) is 0. The molecular formula is C4H13N5. The Balaban J connectivity index is 3.75. The molecule has 0 atom stereocenters. The lowest BCUT2D eigenvalue weighted by Gasteiger charge is -2.04. The van der Waals surface area contributed by atoms with E-state index >= 15 is 0 Å². The molecule has 0 bridgehead atoms. The molecular weight excluding hydrogens is 118 g/mol. The van der Waals surface area contributed by atoms with Crippen molar-refractivity contribution >= 4 is 5.96 Å². The first-order chi connectivity index (χ1) is 4.20. The van der Waals surface area contributed by atoms with Crippen LogP contribution in [0.15, 0.2) is 4.99 Å². The molecule has 0 aromatic heterocycles. The van der Waals surface area contributed by atoms with Crippen molar-refractivity contribution in [3.05, 3.63) is 0 Å². The Bertz CT molecular complexity index is 91.1. The number of hydrogen-bond acceptors (Lipinski definition) is 3. The van der Waals surface area contributed by atoms with E-state index in [2.05, 4.69) is 15.8 Å². The molecule has 0 unspecified atom stereocenters. The molecule has 0 fully saturated rings. The first-order valence-corrected chi connectivity index (χ1v) is 2.71. The third-order valence-electron chi connectivity index (χ3n) is 0.661. The predicted octanol–water partition coefficient (Wildman–Crippen LogP) is -1.32. The largest absolute Gasteiger partial charge is 0.293 e. The topological polar surface area (TPSA) is 88.5 Å². The van der Waals surface area contributed by atoms with E-state index < -0.39 is 0 Å². The average molecular weight is 131 g/mol. The minimum absolute atomic E-state index is 0.187. The van der Waals surface area contributed by atoms with Gasteiger partial charge in [0.15, 0.2) is 0 Å². The highest BCUT2D eigenvalue weighted by Gasteiger charge is 1.91. The Morgan fingerprint density at radius 1 is 1.33 bits per heavy atom. The van der Waals surface area contributed by atoms with E-state index in [1.165, 1.54) is 0 Å². The minimum Gasteiger partial charge on any atom is -0.293 e. The Morgan fingerprint density at radius 2 is 1.78 bits per heavy atom. The van der Waals surface area contributed by atoms with E-state index in [9.17, 15) is 0 Å². The van der Waals surface area contributed by atoms with Gasteiger partial charge in [0.25, 0.3) is 0 Å². The molecule has 0 saturated carbocycles. The lowest BCUT2D eigenvalue weighted by molar-refractivity contribution is 0.788. The van der Waals surface area contributed by atoms with Crippen LogP contribution in [0.2, 0.25) is 0 Å². The second-order valence-electron chi connectivity index (χ2n) is 1.86. The summed E-state index contributed by atoms with van der Waals surface area (Å²) in [5.41, 5.74) is 4.59. The molecule has 54 valence electrons. The normalized spacial score (nSPS) is 9.00. The van der Waals surface area contributed by atoms with Crippen LogP contribution in [0.3, 0.4) is 0 Å². The zero-order chi connectivity index (χ0) is 7.28. The van der Waals surface area contributed by atoms with Crippen LogP contribution in [0, 0.1) is 0 Å². The minimum atomic E-state index is 0.187. The van der Waals surface area contributed by atoms with Crippen LogP contribution in [0.5, 0.6) is 0 Å². The van der Waals surface area contributed by atoms with Crippen LogP contribution in [0.1, 0.15) is 13.8 Å². The van der Waals surface area contributed by atoms with Gasteiger partial charge in [-0.1, -0.05) is 0 Å². The van der Waals surface area contributed by atoms with Crippen LogP contribution >= 0.6 is 0 Å². The van der Waals surface area contributed by atoms with Gasteiger partial charge in [0.1, 0.15) is 0 Å². The summed E-state index contributed by atoms with van der Waals surface area (Å²) < 4.78 is 0. The summed E-state index contributed by atoms with van der Waals surface area (Å²) in [6.07, 6.45) is 0. The Labute approximate surface area is 54.4 Å². The zero-order valence-electron chi connectivity index (χ0n) is 5.68. The SMILES string of the molecule is CC(C)N=C(NN)NN. The molecule has 0 rings (SSSR count). The highest BCUT2D eigenvalue weighted by atomic mass is 15.4. The number of aliphatic imine (C=N–C) groups is 1. The third kappa shape index (κ3) is 3.75. The first-order valence-electron chi connectivity index (χ1n) is 2.71. The molecule has 0 aliphatic rings. The van der Waals surface area contributed by atoms with Crippen molar-refractivity contribution in [2.24, 2.45) is 16.7 Å². The second-order valence-corrected chi connectivity index (χ2v) is 1.86. The Hall–Kier alpha value is -0.810. The molecule has 0 aromatic carbocycles. The van der Waals surface area contributed by atoms with Gasteiger partial charge in [-0.3, -0.25) is 10.9 Å². The van der Waals surface area contributed by atoms with Crippen molar-refractivity contribution in [3.63, 3.8) is 0 Å². The number of hydrazine groups is 2. The van der Waals surface area contributed by atoms with E-state index in [0.29, 0.717) is 5.96 Å². The summed E-state index contributed by atoms with van der Waals surface area (Å²) >= 11 is 0. The quantitative estimate of drug-likeness (QED) is 0.154. The number of nitrogens with two attached hydrogens (primary N) is 2. The highest BCUT2D eigenvalue weighted by Crippen LogP contribution is 1.82. The van der Waals surface area contributed by atoms with Crippen molar-refractivity contribution in [2.45, 2.75) is 19.9 Å². The van der Waals surface area contributed by atoms with Gasteiger partial charge in [-0.2, -0.15) is 0 Å². The standard InChI is InChI=1S/C4H13N5/c1-3(2)7-4(8-5)9-6/h3H,5-6H2,1-2H3,(H2,7,8,9). The molecule has 0 heterocycles. The molecule has 5 nitrogen and oxygen atoms in total. The Kier molecular flexibility index (Phi) is 3.74. The summed E-state index contributed by atoms with van der Waals surface area (Å²) in [5.74, 6) is 10.4. The van der Waals surface area contributed by atoms with Crippen LogP contribution in [-0.4, -0.2) is 12.0 Å². The second kappa shape index (κ2) is 4.11. The number of rotatable bonds is 1. The number of nitrogens with one attached hydrogen (secondary N) is 2. The first kappa shape index (κ1) is 8.19. The maximum absolute atomic E-state index is 5.01. The molecule has 0 radical (unpaired) electrons. The summed E-state index contributed by atoms with van der Waals surface area (Å²) in [4.78, 5) is 3.96. The summed E-state index contributed by atoms with van der Waals surface area (Å²) in [6.45, 7) is 3.85. The van der Waals surface area contributed by atoms with Gasteiger partial charge in [0.05, 0.1) is 0 Å². The van der Waals surface area contributed by atoms with E-state index in [-0.39, 0.29) is 6.04 Å². The van der Waals surface area contributed by atoms with Crippen molar-refractivity contribution in [2.75, 3.05) is 0 Å². The fourth-order valence-electron chi connectivity index (χ4n) is 0.374. The van der Waals surface area contributed by atoms with E-state index in [0.717, 1.165) is 0 Å². The van der Waals surface area contributed by atoms with Gasteiger partial charge in [0.2, 0.25) is 5.96 Å². The molecule has 0 saturated heterocycles. The van der Waals surface area contributed by atoms with Crippen molar-refractivity contribution in [1.82, 2.24) is 10.9 Å². The van der Waals surface area contributed by atoms with E-state index in [4.69, 9.17) is 11.7 Å². The zero-order valence-corrected chi connectivity index (χ0v) is 5.68. The van der Waals surface area contributed by atoms with Crippen molar-refractivity contribution in [3.8, 4) is 0 Å². The number of nitrogens with zero attached hydrogens (tertiary/aromatic N) is 1. The molecule has 5 heteroatoms. The van der Waals surface area contributed by atoms with Crippen molar-refractivity contribution in [1.29, 1.82) is 0 Å². The van der Waals surface area contributed by atoms with Gasteiger partial charge in [-0.15, -0.1) is 0 Å². The third-order valence-corrected chi connectivity index (χ3v) is 0.661. The molecule has 9 heavy (non-hydrogen) atoms. The summed E-state index contributed by atoms with van der Waals surface area (Å²) in [5, 5.41) is 0. The Morgan fingerprint density at radius 3 is 1.89 bits per heavy atom. The highest BCUT2D eigenvalue weighted by molar-refractivity contribution is 5.78. The predicted molar refractivity (Wildman–Crippen MR) is 37.2 cm³/mol. The number of guanidine groups is 1. The van der Waals surface area contributed by atoms with Crippen molar-refractivity contribution < 1.29 is 0 Å². The van der Waals surface area contributed by atoms with E-state index in [1.807, 2.05) is 13.8 Å². The lowest BCUT2D eigenvalue weighted by atomic mass is 10.4. The molecule has 0 aromatic rings. The van der Waals surface area contributed by atoms with Crippen LogP contribution in [0.25, 0.3) is 0 Å². The van der Waals surface area contributed by atoms with Crippen LogP contribution < -0.4 is 22.5 Å². The number of hydrogen-bond donors (Lipinski definition) is 4. The monoisotopic (exact) mass is 131 g/mol. The average Bonchev–Trinajstić information content (AvgIpc) is 1.82. The fourth-order valence-corrected chi connectivity index (χ4v) is 0.374. The molecule has 0 amide bonds. The molecule has 0 spiro atoms. The lowest BCUT2D eigenvalue weighted by Crippen LogP contribution is -2.45. The van der Waals surface area contributed by atoms with Gasteiger partial charge in [-0.05, 0) is 13.8 Å². The van der Waals surface area contributed by atoms with Gasteiger partial charge >= 0.3 is 0 Å². The van der Waals surface area contributed by atoms with Gasteiger partial charge in [0, 0.05) is 6.04 Å². The van der Waals surface area contributed by atoms with E-state index in [1.54, 1.807) is 0 Å². The van der Waals surface area contributed by atoms with Gasteiger partial charge < -0.3 is 0 Å². The maximum Gasteiger partial charge on any atom is 0.220 e. The van der Waals surface area contributed by atoms with Crippen LogP contribution in [-0.2, 0) is 0 Å². The maximum atomic E-state index is 5.01. The fraction of sp³-hybridized carbons (Fsp3) is 0.750.